The lowest BCUT2D eigenvalue weighted by atomic mass is 9.78. The van der Waals surface area contributed by atoms with Crippen LogP contribution in [-0.4, -0.2) is 23.5 Å². The number of halogens is 4. The Kier molecular flexibility index (Phi) is 7.31. The number of benzene rings is 1. The molecule has 2 heterocycles. The average molecular weight is 452 g/mol. The summed E-state index contributed by atoms with van der Waals surface area (Å²) in [5.41, 5.74) is -0.308. The zero-order valence-electron chi connectivity index (χ0n) is 16.3. The van der Waals surface area contributed by atoms with Crippen molar-refractivity contribution in [2.45, 2.75) is 51.6 Å². The molecule has 0 bridgehead atoms. The normalized spacial score (nSPS) is 17.7. The summed E-state index contributed by atoms with van der Waals surface area (Å²) in [4.78, 5) is 0. The van der Waals surface area contributed by atoms with Crippen molar-refractivity contribution in [1.82, 2.24) is 5.16 Å². The fourth-order valence-corrected chi connectivity index (χ4v) is 2.51. The third kappa shape index (κ3) is 5.45. The Hall–Kier alpha value is -1.29. The Morgan fingerprint density at radius 2 is 1.69 bits per heavy atom. The van der Waals surface area contributed by atoms with Crippen LogP contribution in [0.15, 0.2) is 28.8 Å². The van der Waals surface area contributed by atoms with Crippen molar-refractivity contribution in [3.8, 4) is 0 Å². The van der Waals surface area contributed by atoms with Gasteiger partial charge >= 0.3 is 13.3 Å². The van der Waals surface area contributed by atoms with Gasteiger partial charge in [0.15, 0.2) is 5.82 Å². The second-order valence-corrected chi connectivity index (χ2v) is 7.37. The molecule has 12 heteroatoms. The molecule has 0 saturated carbocycles. The highest BCUT2D eigenvalue weighted by atomic mass is 32.7. The van der Waals surface area contributed by atoms with Crippen LogP contribution >= 0.6 is 20.7 Å². The molecular formula is C17H22BF4N2O3PS. The maximum Gasteiger partial charge on any atom is 0.494 e. The van der Waals surface area contributed by atoms with Crippen molar-refractivity contribution < 1.29 is 31.4 Å². The topological polar surface area (TPSA) is 56.5 Å². The number of rotatable bonds is 4. The minimum atomic E-state index is -4.62. The van der Waals surface area contributed by atoms with Crippen molar-refractivity contribution in [3.63, 3.8) is 0 Å². The molecule has 2 aromatic rings. The molecule has 160 valence electrons. The SMILES string of the molecule is CC1(C)OB(c2ccc(CNc3cc(C(F)(F)F)on3)c(F)c2)OC1(C)C.PS. The maximum atomic E-state index is 14.4. The molecule has 1 aliphatic heterocycles. The summed E-state index contributed by atoms with van der Waals surface area (Å²) in [5.74, 6) is -1.88. The van der Waals surface area contributed by atoms with Crippen LogP contribution in [0.25, 0.3) is 0 Å². The van der Waals surface area contributed by atoms with Gasteiger partial charge in [0, 0.05) is 18.2 Å². The minimum Gasteiger partial charge on any atom is -0.399 e. The van der Waals surface area contributed by atoms with E-state index in [9.17, 15) is 17.6 Å². The highest BCUT2D eigenvalue weighted by Gasteiger charge is 2.51. The minimum absolute atomic E-state index is 0.0562. The van der Waals surface area contributed by atoms with Gasteiger partial charge in [-0.2, -0.15) is 25.4 Å². The fraction of sp³-hybridized carbons (Fsp3) is 0.471. The van der Waals surface area contributed by atoms with Crippen LogP contribution in [0.5, 0.6) is 0 Å². The number of hydrogen-bond acceptors (Lipinski definition) is 6. The predicted octanol–water partition coefficient (Wildman–Crippen LogP) is 4.45. The molecule has 1 atom stereocenters. The van der Waals surface area contributed by atoms with Gasteiger partial charge in [0.25, 0.3) is 0 Å². The second kappa shape index (κ2) is 8.84. The maximum absolute atomic E-state index is 14.4. The molecule has 1 fully saturated rings. The van der Waals surface area contributed by atoms with Gasteiger partial charge in [-0.1, -0.05) is 25.7 Å². The molecule has 1 saturated heterocycles. The Labute approximate surface area is 174 Å². The molecule has 0 amide bonds. The van der Waals surface area contributed by atoms with E-state index in [-0.39, 0.29) is 17.9 Å². The van der Waals surface area contributed by atoms with E-state index in [0.717, 1.165) is 6.07 Å². The Morgan fingerprint density at radius 1 is 1.10 bits per heavy atom. The number of nitrogens with one attached hydrogen (secondary N) is 1. The van der Waals surface area contributed by atoms with Crippen molar-refractivity contribution in [3.05, 3.63) is 41.4 Å². The van der Waals surface area contributed by atoms with Gasteiger partial charge in [-0.25, -0.2) is 4.39 Å². The number of aromatic nitrogens is 1. The molecule has 0 spiro atoms. The van der Waals surface area contributed by atoms with Crippen molar-refractivity contribution in [2.24, 2.45) is 0 Å². The first-order chi connectivity index (χ1) is 13.4. The molecule has 1 aromatic heterocycles. The van der Waals surface area contributed by atoms with Crippen molar-refractivity contribution in [1.29, 1.82) is 0 Å². The third-order valence-electron chi connectivity index (χ3n) is 4.85. The van der Waals surface area contributed by atoms with Gasteiger partial charge < -0.3 is 19.1 Å². The predicted molar refractivity (Wildman–Crippen MR) is 110 cm³/mol. The number of alkyl halides is 3. The van der Waals surface area contributed by atoms with Crippen LogP contribution in [0.3, 0.4) is 0 Å². The van der Waals surface area contributed by atoms with E-state index in [4.69, 9.17) is 9.31 Å². The summed E-state index contributed by atoms with van der Waals surface area (Å²) in [6.07, 6.45) is -4.62. The van der Waals surface area contributed by atoms with E-state index in [1.807, 2.05) is 27.7 Å². The standard InChI is InChI=1S/C17H19BF4N2O3.H3PS/c1-15(2)16(3,4)27-18(26-15)11-6-5-10(12(19)7-11)9-23-14-8-13(25-24-14)17(20,21)22;1-2/h5-8H,9H2,1-4H3,(H,23,24);2H,1H2. The molecule has 1 N–H and O–H groups in total. The van der Waals surface area contributed by atoms with Gasteiger partial charge in [-0.3, -0.25) is 0 Å². The molecule has 3 rings (SSSR count). The molecular weight excluding hydrogens is 430 g/mol. The number of hydrogen-bond donors (Lipinski definition) is 2. The lowest BCUT2D eigenvalue weighted by Gasteiger charge is -2.32. The molecule has 1 unspecified atom stereocenters. The number of thiol groups is 1. The van der Waals surface area contributed by atoms with Crippen LogP contribution < -0.4 is 10.8 Å². The largest absolute Gasteiger partial charge is 0.494 e. The van der Waals surface area contributed by atoms with E-state index in [2.05, 4.69) is 35.7 Å². The van der Waals surface area contributed by atoms with E-state index in [1.165, 1.54) is 12.1 Å². The summed E-state index contributed by atoms with van der Waals surface area (Å²) in [7, 11) is 1.41. The monoisotopic (exact) mass is 452 g/mol. The lowest BCUT2D eigenvalue weighted by Crippen LogP contribution is -2.41. The quantitative estimate of drug-likeness (QED) is 0.311. The van der Waals surface area contributed by atoms with Crippen LogP contribution in [0.4, 0.5) is 23.4 Å². The van der Waals surface area contributed by atoms with Crippen LogP contribution in [0, 0.1) is 5.82 Å². The van der Waals surface area contributed by atoms with Crippen molar-refractivity contribution >= 4 is 39.1 Å². The highest BCUT2D eigenvalue weighted by molar-refractivity contribution is 8.31. The molecule has 29 heavy (non-hydrogen) atoms. The molecule has 1 aliphatic rings. The van der Waals surface area contributed by atoms with Crippen molar-refractivity contribution in [2.75, 3.05) is 5.32 Å². The number of anilines is 1. The second-order valence-electron chi connectivity index (χ2n) is 7.37. The average Bonchev–Trinajstić information content (AvgIpc) is 3.18. The van der Waals surface area contributed by atoms with E-state index in [1.54, 1.807) is 6.07 Å². The van der Waals surface area contributed by atoms with Crippen LogP contribution in [-0.2, 0) is 22.0 Å². The van der Waals surface area contributed by atoms with Gasteiger partial charge in [-0.05, 0) is 39.2 Å². The molecule has 1 aromatic carbocycles. The van der Waals surface area contributed by atoms with Crippen LogP contribution in [0.1, 0.15) is 39.0 Å². The first-order valence-corrected chi connectivity index (χ1v) is 10.6. The Bertz CT molecular complexity index is 832. The summed E-state index contributed by atoms with van der Waals surface area (Å²) in [6, 6.07) is 5.19. The third-order valence-corrected chi connectivity index (χ3v) is 4.85. The first-order valence-electron chi connectivity index (χ1n) is 8.57. The van der Waals surface area contributed by atoms with Crippen LogP contribution in [0.2, 0.25) is 0 Å². The lowest BCUT2D eigenvalue weighted by molar-refractivity contribution is -0.155. The van der Waals surface area contributed by atoms with Gasteiger partial charge in [0.2, 0.25) is 5.76 Å². The Balaban J connectivity index is 0.00000145. The van der Waals surface area contributed by atoms with Gasteiger partial charge in [-0.15, -0.1) is 0 Å². The summed E-state index contributed by atoms with van der Waals surface area (Å²) >= 11 is 3.44. The van der Waals surface area contributed by atoms with E-state index in [0.29, 0.717) is 5.46 Å². The van der Waals surface area contributed by atoms with E-state index >= 15 is 0 Å². The highest BCUT2D eigenvalue weighted by Crippen LogP contribution is 2.36. The first kappa shape index (κ1) is 24.0. The summed E-state index contributed by atoms with van der Waals surface area (Å²) in [5, 5.41) is 5.87. The summed E-state index contributed by atoms with van der Waals surface area (Å²) < 4.78 is 67.8. The zero-order valence-corrected chi connectivity index (χ0v) is 18.4. The van der Waals surface area contributed by atoms with E-state index < -0.39 is 36.1 Å². The zero-order chi connectivity index (χ0) is 22.0. The van der Waals surface area contributed by atoms with Gasteiger partial charge in [0.05, 0.1) is 11.2 Å². The summed E-state index contributed by atoms with van der Waals surface area (Å²) in [6.45, 7) is 7.53. The smallest absolute Gasteiger partial charge is 0.399 e. The Morgan fingerprint density at radius 3 is 2.17 bits per heavy atom. The molecule has 5 nitrogen and oxygen atoms in total. The van der Waals surface area contributed by atoms with Gasteiger partial charge in [0.1, 0.15) is 5.82 Å². The fourth-order valence-electron chi connectivity index (χ4n) is 2.51. The molecule has 0 radical (unpaired) electrons. The number of nitrogens with zero attached hydrogens (tertiary/aromatic N) is 1. The molecule has 0 aliphatic carbocycles.